The molecule has 0 heterocycles. The van der Waals surface area contributed by atoms with Crippen LogP contribution in [0, 0.1) is 0 Å². The third kappa shape index (κ3) is 6.50. The van der Waals surface area contributed by atoms with Gasteiger partial charge in [0.1, 0.15) is 12.4 Å². The molecule has 3 aromatic carbocycles. The first-order valence-corrected chi connectivity index (χ1v) is 9.89. The second kappa shape index (κ2) is 11.4. The van der Waals surface area contributed by atoms with Gasteiger partial charge in [0.25, 0.3) is 0 Å². The molecule has 0 aliphatic carbocycles. The van der Waals surface area contributed by atoms with Gasteiger partial charge in [-0.1, -0.05) is 76.1 Å². The first kappa shape index (κ1) is 22.7. The molecular formula is C22H22BrCl2NO2. The number of rotatable bonds is 8. The topological polar surface area (TPSA) is 41.5 Å². The summed E-state index contributed by atoms with van der Waals surface area (Å²) in [6.45, 7) is 1.45. The smallest absolute Gasteiger partial charge is 0.124 e. The SMILES string of the molecule is Cl.OC(CNCc1cc(Br)ccc1OCc1ccccc1Cl)c1ccccc1. The molecule has 0 amide bonds. The van der Waals surface area contributed by atoms with Crippen LogP contribution in [0.2, 0.25) is 5.02 Å². The van der Waals surface area contributed by atoms with E-state index >= 15 is 0 Å². The Labute approximate surface area is 185 Å². The minimum atomic E-state index is -0.550. The summed E-state index contributed by atoms with van der Waals surface area (Å²) in [7, 11) is 0. The zero-order valence-electron chi connectivity index (χ0n) is 15.1. The van der Waals surface area contributed by atoms with E-state index in [0.717, 1.165) is 26.9 Å². The average molecular weight is 483 g/mol. The zero-order chi connectivity index (χ0) is 19.1. The predicted molar refractivity (Wildman–Crippen MR) is 120 cm³/mol. The number of ether oxygens (including phenoxy) is 1. The molecule has 6 heteroatoms. The molecule has 0 radical (unpaired) electrons. The minimum absolute atomic E-state index is 0. The standard InChI is InChI=1S/C22H21BrClNO2.ClH/c23-19-10-11-22(27-15-17-8-4-5-9-20(17)24)18(12-19)13-25-14-21(26)16-6-2-1-3-7-16;/h1-12,21,25-26H,13-15H2;1H. The molecule has 3 rings (SSSR count). The molecule has 0 saturated heterocycles. The van der Waals surface area contributed by atoms with E-state index in [-0.39, 0.29) is 12.4 Å². The number of halogens is 3. The summed E-state index contributed by atoms with van der Waals surface area (Å²) in [6.07, 6.45) is -0.550. The molecule has 148 valence electrons. The largest absolute Gasteiger partial charge is 0.489 e. The summed E-state index contributed by atoms with van der Waals surface area (Å²) in [6, 6.07) is 23.2. The summed E-state index contributed by atoms with van der Waals surface area (Å²) in [4.78, 5) is 0. The number of nitrogens with one attached hydrogen (secondary N) is 1. The Kier molecular flexibility index (Phi) is 9.29. The van der Waals surface area contributed by atoms with E-state index in [1.54, 1.807) is 0 Å². The molecule has 0 saturated carbocycles. The second-order valence-corrected chi connectivity index (χ2v) is 7.51. The van der Waals surface area contributed by atoms with E-state index in [4.69, 9.17) is 16.3 Å². The van der Waals surface area contributed by atoms with Crippen molar-refractivity contribution in [1.29, 1.82) is 0 Å². The van der Waals surface area contributed by atoms with Crippen molar-refractivity contribution in [3.8, 4) is 5.75 Å². The lowest BCUT2D eigenvalue weighted by Crippen LogP contribution is -2.21. The van der Waals surface area contributed by atoms with Gasteiger partial charge < -0.3 is 15.2 Å². The van der Waals surface area contributed by atoms with E-state index in [2.05, 4.69) is 21.2 Å². The van der Waals surface area contributed by atoms with Crippen molar-refractivity contribution in [2.75, 3.05) is 6.54 Å². The summed E-state index contributed by atoms with van der Waals surface area (Å²) >= 11 is 9.71. The normalized spacial score (nSPS) is 11.5. The molecule has 3 aromatic rings. The highest BCUT2D eigenvalue weighted by atomic mass is 79.9. The Morgan fingerprint density at radius 1 is 0.964 bits per heavy atom. The third-order valence-corrected chi connectivity index (χ3v) is 5.06. The number of aliphatic hydroxyl groups is 1. The summed E-state index contributed by atoms with van der Waals surface area (Å²) in [5.74, 6) is 0.792. The van der Waals surface area contributed by atoms with Crippen molar-refractivity contribution in [3.63, 3.8) is 0 Å². The van der Waals surface area contributed by atoms with Gasteiger partial charge in [0.2, 0.25) is 0 Å². The lowest BCUT2D eigenvalue weighted by molar-refractivity contribution is 0.174. The van der Waals surface area contributed by atoms with Crippen LogP contribution in [0.15, 0.2) is 77.3 Å². The molecule has 0 aliphatic heterocycles. The molecule has 28 heavy (non-hydrogen) atoms. The van der Waals surface area contributed by atoms with Gasteiger partial charge in [-0.15, -0.1) is 12.4 Å². The van der Waals surface area contributed by atoms with E-state index in [0.29, 0.717) is 24.7 Å². The van der Waals surface area contributed by atoms with Crippen LogP contribution in [0.5, 0.6) is 5.75 Å². The number of hydrogen-bond acceptors (Lipinski definition) is 3. The first-order chi connectivity index (χ1) is 13.1. The van der Waals surface area contributed by atoms with Crippen LogP contribution in [-0.2, 0) is 13.2 Å². The Hall–Kier alpha value is -1.56. The Morgan fingerprint density at radius 3 is 2.43 bits per heavy atom. The highest BCUT2D eigenvalue weighted by Gasteiger charge is 2.09. The van der Waals surface area contributed by atoms with Crippen LogP contribution in [0.1, 0.15) is 22.8 Å². The maximum atomic E-state index is 10.3. The second-order valence-electron chi connectivity index (χ2n) is 6.19. The van der Waals surface area contributed by atoms with Crippen LogP contribution >= 0.6 is 39.9 Å². The van der Waals surface area contributed by atoms with Crippen LogP contribution in [0.3, 0.4) is 0 Å². The molecule has 1 atom stereocenters. The lowest BCUT2D eigenvalue weighted by Gasteiger charge is -2.15. The highest BCUT2D eigenvalue weighted by molar-refractivity contribution is 9.10. The van der Waals surface area contributed by atoms with Crippen molar-refractivity contribution in [2.45, 2.75) is 19.3 Å². The van der Waals surface area contributed by atoms with E-state index in [9.17, 15) is 5.11 Å². The van der Waals surface area contributed by atoms with Gasteiger partial charge in [-0.2, -0.15) is 0 Å². The first-order valence-electron chi connectivity index (χ1n) is 8.72. The number of benzene rings is 3. The van der Waals surface area contributed by atoms with Gasteiger partial charge in [-0.05, 0) is 29.8 Å². The van der Waals surface area contributed by atoms with E-state index in [1.165, 1.54) is 0 Å². The monoisotopic (exact) mass is 481 g/mol. The fraction of sp³-hybridized carbons (Fsp3) is 0.182. The highest BCUT2D eigenvalue weighted by Crippen LogP contribution is 2.25. The van der Waals surface area contributed by atoms with Crippen LogP contribution in [0.4, 0.5) is 0 Å². The summed E-state index contributed by atoms with van der Waals surface area (Å²) < 4.78 is 6.97. The number of hydrogen-bond donors (Lipinski definition) is 2. The van der Waals surface area contributed by atoms with Crippen LogP contribution in [0.25, 0.3) is 0 Å². The summed E-state index contributed by atoms with van der Waals surface area (Å²) in [5, 5.41) is 14.3. The molecule has 2 N–H and O–H groups in total. The van der Waals surface area contributed by atoms with Gasteiger partial charge in [0.15, 0.2) is 0 Å². The minimum Gasteiger partial charge on any atom is -0.489 e. The van der Waals surface area contributed by atoms with Crippen molar-refractivity contribution >= 4 is 39.9 Å². The molecule has 0 bridgehead atoms. The van der Waals surface area contributed by atoms with Gasteiger partial charge in [0, 0.05) is 33.7 Å². The van der Waals surface area contributed by atoms with Gasteiger partial charge in [-0.25, -0.2) is 0 Å². The van der Waals surface area contributed by atoms with Crippen LogP contribution < -0.4 is 10.1 Å². The van der Waals surface area contributed by atoms with Crippen molar-refractivity contribution in [1.82, 2.24) is 5.32 Å². The molecule has 0 aromatic heterocycles. The molecule has 0 spiro atoms. The van der Waals surface area contributed by atoms with Gasteiger partial charge >= 0.3 is 0 Å². The Morgan fingerprint density at radius 2 is 1.68 bits per heavy atom. The third-order valence-electron chi connectivity index (χ3n) is 4.20. The Balaban J connectivity index is 0.00000280. The summed E-state index contributed by atoms with van der Waals surface area (Å²) in [5.41, 5.74) is 2.85. The lowest BCUT2D eigenvalue weighted by atomic mass is 10.1. The van der Waals surface area contributed by atoms with Gasteiger partial charge in [0.05, 0.1) is 6.10 Å². The molecule has 1 unspecified atom stereocenters. The maximum absolute atomic E-state index is 10.3. The number of aliphatic hydroxyl groups excluding tert-OH is 1. The molecular weight excluding hydrogens is 461 g/mol. The zero-order valence-corrected chi connectivity index (χ0v) is 18.3. The van der Waals surface area contributed by atoms with E-state index < -0.39 is 6.10 Å². The van der Waals surface area contributed by atoms with Crippen LogP contribution in [-0.4, -0.2) is 11.7 Å². The predicted octanol–water partition coefficient (Wildman–Crippen LogP) is 5.93. The van der Waals surface area contributed by atoms with E-state index in [1.807, 2.05) is 72.8 Å². The van der Waals surface area contributed by atoms with Gasteiger partial charge in [-0.3, -0.25) is 0 Å². The molecule has 0 fully saturated rings. The Bertz CT molecular complexity index is 877. The molecule has 0 aliphatic rings. The van der Waals surface area contributed by atoms with Crippen molar-refractivity contribution in [3.05, 3.63) is 99.0 Å². The van der Waals surface area contributed by atoms with Crippen molar-refractivity contribution < 1.29 is 9.84 Å². The van der Waals surface area contributed by atoms with Crippen molar-refractivity contribution in [2.24, 2.45) is 0 Å². The quantitative estimate of drug-likeness (QED) is 0.418. The molecule has 3 nitrogen and oxygen atoms in total. The fourth-order valence-corrected chi connectivity index (χ4v) is 3.33. The average Bonchev–Trinajstić information content (AvgIpc) is 2.69. The fourth-order valence-electron chi connectivity index (χ4n) is 2.73. The maximum Gasteiger partial charge on any atom is 0.124 e.